The first-order valence-electron chi connectivity index (χ1n) is 7.07. The Hall–Kier alpha value is -2.36. The van der Waals surface area contributed by atoms with Gasteiger partial charge in [0.15, 0.2) is 6.23 Å². The Labute approximate surface area is 138 Å². The van der Waals surface area contributed by atoms with Crippen molar-refractivity contribution in [2.75, 3.05) is 13.2 Å². The Bertz CT molecular complexity index is 676. The molecule has 0 radical (unpaired) electrons. The van der Waals surface area contributed by atoms with E-state index in [1.807, 2.05) is 6.07 Å². The van der Waals surface area contributed by atoms with Gasteiger partial charge in [0.2, 0.25) is 5.78 Å². The highest BCUT2D eigenvalue weighted by atomic mass is 35.5. The fraction of sp³-hybridized carbons (Fsp3) is 0.312. The van der Waals surface area contributed by atoms with Crippen LogP contribution in [0.3, 0.4) is 0 Å². The highest BCUT2D eigenvalue weighted by Gasteiger charge is 2.30. The van der Waals surface area contributed by atoms with Crippen molar-refractivity contribution < 1.29 is 19.1 Å². The van der Waals surface area contributed by atoms with Crippen molar-refractivity contribution in [3.05, 3.63) is 46.0 Å². The zero-order valence-electron chi connectivity index (χ0n) is 12.5. The molecular weight excluding hydrogens is 320 g/mol. The molecule has 0 aromatic heterocycles. The van der Waals surface area contributed by atoms with E-state index in [-0.39, 0.29) is 12.2 Å². The minimum Gasteiger partial charge on any atom is -0.435 e. The molecular formula is C16H15ClN2O4. The van der Waals surface area contributed by atoms with Gasteiger partial charge in [-0.25, -0.2) is 4.79 Å². The molecule has 0 amide bonds. The zero-order chi connectivity index (χ0) is 16.8. The second-order valence-electron chi connectivity index (χ2n) is 4.73. The zero-order valence-corrected chi connectivity index (χ0v) is 13.2. The standard InChI is InChI=1S/C16H15ClN2O4/c1-2-22-16(21)23-15-12(7-8-19-15)13(9-18)14(20)10-3-5-11(17)6-4-10/h3-6,15,19H,2,7-8H2,1H3. The first-order valence-corrected chi connectivity index (χ1v) is 7.44. The molecule has 120 valence electrons. The normalized spacial score (nSPS) is 18.9. The van der Waals surface area contributed by atoms with Crippen LogP contribution in [-0.4, -0.2) is 31.3 Å². The number of carbonyl (C=O) groups is 2. The molecule has 1 atom stereocenters. The van der Waals surface area contributed by atoms with Gasteiger partial charge in [0.25, 0.3) is 0 Å². The lowest BCUT2D eigenvalue weighted by atomic mass is 9.98. The highest BCUT2D eigenvalue weighted by molar-refractivity contribution is 6.30. The Morgan fingerprint density at radius 1 is 1.39 bits per heavy atom. The number of hydrogen-bond acceptors (Lipinski definition) is 6. The number of allylic oxidation sites excluding steroid dienone is 1. The molecule has 1 aliphatic rings. The van der Waals surface area contributed by atoms with Crippen LogP contribution in [0.2, 0.25) is 5.02 Å². The number of nitrogens with one attached hydrogen (secondary N) is 1. The first kappa shape index (κ1) is 17.0. The van der Waals surface area contributed by atoms with E-state index in [2.05, 4.69) is 5.32 Å². The van der Waals surface area contributed by atoms with Gasteiger partial charge in [0.05, 0.1) is 6.61 Å². The van der Waals surface area contributed by atoms with Crippen LogP contribution < -0.4 is 5.32 Å². The third kappa shape index (κ3) is 4.09. The van der Waals surface area contributed by atoms with Crippen molar-refractivity contribution in [1.82, 2.24) is 5.32 Å². The Morgan fingerprint density at radius 3 is 2.70 bits per heavy atom. The summed E-state index contributed by atoms with van der Waals surface area (Å²) in [5, 5.41) is 12.8. The van der Waals surface area contributed by atoms with E-state index < -0.39 is 18.2 Å². The van der Waals surface area contributed by atoms with Gasteiger partial charge >= 0.3 is 6.16 Å². The second-order valence-corrected chi connectivity index (χ2v) is 5.17. The Morgan fingerprint density at radius 2 is 2.09 bits per heavy atom. The number of nitriles is 1. The van der Waals surface area contributed by atoms with Gasteiger partial charge in [0.1, 0.15) is 11.6 Å². The van der Waals surface area contributed by atoms with Crippen molar-refractivity contribution in [1.29, 1.82) is 5.26 Å². The molecule has 0 bridgehead atoms. The van der Waals surface area contributed by atoms with E-state index in [1.165, 1.54) is 0 Å². The average Bonchev–Trinajstić information content (AvgIpc) is 2.97. The molecule has 0 saturated carbocycles. The average molecular weight is 335 g/mol. The summed E-state index contributed by atoms with van der Waals surface area (Å²) in [7, 11) is 0. The van der Waals surface area contributed by atoms with E-state index in [9.17, 15) is 14.9 Å². The van der Waals surface area contributed by atoms with Crippen LogP contribution in [0.5, 0.6) is 0 Å². The molecule has 1 N–H and O–H groups in total. The number of ether oxygens (including phenoxy) is 2. The lowest BCUT2D eigenvalue weighted by Crippen LogP contribution is -2.30. The van der Waals surface area contributed by atoms with E-state index in [0.29, 0.717) is 29.1 Å². The van der Waals surface area contributed by atoms with Gasteiger partial charge in [-0.3, -0.25) is 10.1 Å². The fourth-order valence-electron chi connectivity index (χ4n) is 2.22. The third-order valence-corrected chi connectivity index (χ3v) is 3.54. The summed E-state index contributed by atoms with van der Waals surface area (Å²) in [4.78, 5) is 24.0. The number of halogens is 1. The van der Waals surface area contributed by atoms with Gasteiger partial charge < -0.3 is 9.47 Å². The summed E-state index contributed by atoms with van der Waals surface area (Å²) >= 11 is 5.80. The van der Waals surface area contributed by atoms with E-state index in [4.69, 9.17) is 21.1 Å². The summed E-state index contributed by atoms with van der Waals surface area (Å²) in [5.74, 6) is -0.430. The van der Waals surface area contributed by atoms with Gasteiger partial charge in [-0.2, -0.15) is 5.26 Å². The van der Waals surface area contributed by atoms with Crippen LogP contribution >= 0.6 is 11.6 Å². The first-order chi connectivity index (χ1) is 11.1. The summed E-state index contributed by atoms with van der Waals surface area (Å²) in [5.41, 5.74) is 0.757. The predicted molar refractivity (Wildman–Crippen MR) is 82.9 cm³/mol. The summed E-state index contributed by atoms with van der Waals surface area (Å²) in [6, 6.07) is 8.17. The Balaban J connectivity index is 2.27. The van der Waals surface area contributed by atoms with Crippen molar-refractivity contribution >= 4 is 23.5 Å². The molecule has 1 aromatic rings. The van der Waals surface area contributed by atoms with Crippen LogP contribution in [0, 0.1) is 11.3 Å². The number of rotatable bonds is 4. The van der Waals surface area contributed by atoms with Crippen molar-refractivity contribution in [2.24, 2.45) is 0 Å². The predicted octanol–water partition coefficient (Wildman–Crippen LogP) is 2.84. The number of hydrogen-bond donors (Lipinski definition) is 1. The molecule has 2 rings (SSSR count). The van der Waals surface area contributed by atoms with Crippen molar-refractivity contribution in [3.8, 4) is 6.07 Å². The topological polar surface area (TPSA) is 88.4 Å². The maximum atomic E-state index is 12.5. The molecule has 1 unspecified atom stereocenters. The molecule has 6 nitrogen and oxygen atoms in total. The minimum absolute atomic E-state index is 0.0355. The molecule has 1 fully saturated rings. The second kappa shape index (κ2) is 7.77. The van der Waals surface area contributed by atoms with Crippen LogP contribution in [0.15, 0.2) is 35.4 Å². The maximum Gasteiger partial charge on any atom is 0.510 e. The summed E-state index contributed by atoms with van der Waals surface area (Å²) in [6.07, 6.45) is -1.24. The minimum atomic E-state index is -0.847. The smallest absolute Gasteiger partial charge is 0.435 e. The number of nitrogens with zero attached hydrogens (tertiary/aromatic N) is 1. The van der Waals surface area contributed by atoms with Crippen LogP contribution in [0.25, 0.3) is 0 Å². The van der Waals surface area contributed by atoms with Crippen molar-refractivity contribution in [3.63, 3.8) is 0 Å². The van der Waals surface area contributed by atoms with Crippen LogP contribution in [0.1, 0.15) is 23.7 Å². The summed E-state index contributed by atoms with van der Waals surface area (Å²) < 4.78 is 9.82. The largest absolute Gasteiger partial charge is 0.510 e. The SMILES string of the molecule is CCOC(=O)OC1NCCC1=C(C#N)C(=O)c1ccc(Cl)cc1. The van der Waals surface area contributed by atoms with E-state index in [1.54, 1.807) is 31.2 Å². The maximum absolute atomic E-state index is 12.5. The molecule has 23 heavy (non-hydrogen) atoms. The molecule has 1 saturated heterocycles. The number of carbonyl (C=O) groups excluding carboxylic acids is 2. The van der Waals surface area contributed by atoms with Crippen LogP contribution in [-0.2, 0) is 9.47 Å². The number of benzene rings is 1. The Kier molecular flexibility index (Phi) is 5.74. The molecule has 0 spiro atoms. The number of ketones is 1. The van der Waals surface area contributed by atoms with Gasteiger partial charge in [-0.05, 0) is 37.6 Å². The molecule has 1 aromatic carbocycles. The van der Waals surface area contributed by atoms with E-state index in [0.717, 1.165) is 0 Å². The lowest BCUT2D eigenvalue weighted by Gasteiger charge is -2.14. The van der Waals surface area contributed by atoms with E-state index >= 15 is 0 Å². The number of Topliss-reactive ketones (excluding diaryl/α,β-unsaturated/α-hetero) is 1. The monoisotopic (exact) mass is 334 g/mol. The lowest BCUT2D eigenvalue weighted by molar-refractivity contribution is 0.0324. The molecule has 1 aliphatic heterocycles. The summed E-state index contributed by atoms with van der Waals surface area (Å²) in [6.45, 7) is 2.34. The van der Waals surface area contributed by atoms with Gasteiger partial charge in [-0.15, -0.1) is 0 Å². The van der Waals surface area contributed by atoms with Gasteiger partial charge in [0, 0.05) is 22.7 Å². The van der Waals surface area contributed by atoms with Crippen LogP contribution in [0.4, 0.5) is 4.79 Å². The highest BCUT2D eigenvalue weighted by Crippen LogP contribution is 2.23. The quantitative estimate of drug-likeness (QED) is 0.394. The molecule has 7 heteroatoms. The third-order valence-electron chi connectivity index (χ3n) is 3.28. The molecule has 1 heterocycles. The van der Waals surface area contributed by atoms with Crippen molar-refractivity contribution in [2.45, 2.75) is 19.6 Å². The van der Waals surface area contributed by atoms with Gasteiger partial charge in [-0.1, -0.05) is 11.6 Å². The molecule has 0 aliphatic carbocycles. The fourth-order valence-corrected chi connectivity index (χ4v) is 2.35.